The molecule has 0 radical (unpaired) electrons. The van der Waals surface area contributed by atoms with E-state index in [4.69, 9.17) is 9.25 Å². The Hall–Kier alpha value is -2.38. The van der Waals surface area contributed by atoms with Gasteiger partial charge in [0.1, 0.15) is 11.5 Å². The minimum absolute atomic E-state index is 0.152. The quantitative estimate of drug-likeness (QED) is 0.732. The molecule has 1 atom stereocenters. The third-order valence-electron chi connectivity index (χ3n) is 3.76. The lowest BCUT2D eigenvalue weighted by atomic mass is 10.1. The van der Waals surface area contributed by atoms with Crippen LogP contribution in [0.2, 0.25) is 0 Å². The van der Waals surface area contributed by atoms with Crippen LogP contribution in [0.25, 0.3) is 10.6 Å². The number of nitrogens with zero attached hydrogens (tertiary/aromatic N) is 2. The van der Waals surface area contributed by atoms with Crippen molar-refractivity contribution >= 4 is 22.3 Å². The number of thiazole rings is 1. The molecule has 1 aliphatic rings. The van der Waals surface area contributed by atoms with E-state index in [2.05, 4.69) is 10.5 Å². The second-order valence-electron chi connectivity index (χ2n) is 5.38. The lowest BCUT2D eigenvalue weighted by Crippen LogP contribution is -2.25. The molecule has 0 saturated heterocycles. The number of hydrogen-bond acceptors (Lipinski definition) is 6. The van der Waals surface area contributed by atoms with Gasteiger partial charge in [-0.15, -0.1) is 0 Å². The van der Waals surface area contributed by atoms with Crippen molar-refractivity contribution in [1.29, 1.82) is 0 Å². The van der Waals surface area contributed by atoms with E-state index in [-0.39, 0.29) is 12.0 Å². The van der Waals surface area contributed by atoms with E-state index >= 15 is 0 Å². The first-order chi connectivity index (χ1) is 11.2. The first kappa shape index (κ1) is 14.2. The molecule has 3 aromatic rings. The first-order valence-electron chi connectivity index (χ1n) is 7.35. The molecule has 0 spiro atoms. The highest BCUT2D eigenvalue weighted by Gasteiger charge is 2.25. The monoisotopic (exact) mass is 329 g/mol. The van der Waals surface area contributed by atoms with Crippen molar-refractivity contribution in [2.24, 2.45) is 0 Å². The SMILES string of the molecule is Cc1ccc(-c2cnc(NOC3CCC(=O)c4cccn43)s2)o1. The Balaban J connectivity index is 1.45. The molecule has 3 aromatic heterocycles. The van der Waals surface area contributed by atoms with E-state index < -0.39 is 0 Å². The highest BCUT2D eigenvalue weighted by molar-refractivity contribution is 7.18. The van der Waals surface area contributed by atoms with E-state index in [1.165, 1.54) is 11.3 Å². The van der Waals surface area contributed by atoms with Gasteiger partial charge in [0, 0.05) is 19.0 Å². The average molecular weight is 329 g/mol. The summed E-state index contributed by atoms with van der Waals surface area (Å²) in [5, 5.41) is 0.652. The van der Waals surface area contributed by atoms with Crippen LogP contribution in [0.3, 0.4) is 0 Å². The summed E-state index contributed by atoms with van der Waals surface area (Å²) in [6, 6.07) is 7.52. The smallest absolute Gasteiger partial charge is 0.207 e. The molecule has 7 heteroatoms. The summed E-state index contributed by atoms with van der Waals surface area (Å²) in [5.74, 6) is 1.81. The maximum Gasteiger partial charge on any atom is 0.207 e. The average Bonchev–Trinajstić information content (AvgIpc) is 3.26. The Bertz CT molecular complexity index is 848. The van der Waals surface area contributed by atoms with Crippen LogP contribution in [-0.2, 0) is 4.84 Å². The molecule has 4 rings (SSSR count). The third kappa shape index (κ3) is 2.69. The van der Waals surface area contributed by atoms with Crippen LogP contribution in [0.4, 0.5) is 5.13 Å². The van der Waals surface area contributed by atoms with Gasteiger partial charge in [-0.05, 0) is 31.2 Å². The maximum absolute atomic E-state index is 11.8. The van der Waals surface area contributed by atoms with Crippen molar-refractivity contribution in [2.45, 2.75) is 26.0 Å². The summed E-state index contributed by atoms with van der Waals surface area (Å²) >= 11 is 1.45. The molecule has 0 fully saturated rings. The van der Waals surface area contributed by atoms with E-state index in [1.54, 1.807) is 6.20 Å². The molecular weight excluding hydrogens is 314 g/mol. The van der Waals surface area contributed by atoms with Gasteiger partial charge in [-0.1, -0.05) is 11.3 Å². The predicted molar refractivity (Wildman–Crippen MR) is 86.3 cm³/mol. The van der Waals surface area contributed by atoms with Crippen LogP contribution in [0.5, 0.6) is 0 Å². The number of Topliss-reactive ketones (excluding diaryl/α,β-unsaturated/α-hetero) is 1. The molecular formula is C16H15N3O3S. The standard InChI is InChI=1S/C16H15N3O3S/c1-10-4-6-13(21-10)14-9-17-16(23-14)18-22-15-7-5-12(20)11-3-2-8-19(11)15/h2-4,6,8-9,15H,5,7H2,1H3,(H,17,18). The van der Waals surface area contributed by atoms with E-state index in [0.717, 1.165) is 16.4 Å². The van der Waals surface area contributed by atoms with E-state index in [1.807, 2.05) is 42.0 Å². The van der Waals surface area contributed by atoms with Gasteiger partial charge in [0.2, 0.25) is 5.13 Å². The maximum atomic E-state index is 11.8. The lowest BCUT2D eigenvalue weighted by molar-refractivity contribution is 0.0234. The summed E-state index contributed by atoms with van der Waals surface area (Å²) in [6.07, 6.45) is 4.53. The Morgan fingerprint density at radius 1 is 1.43 bits per heavy atom. The fourth-order valence-electron chi connectivity index (χ4n) is 2.64. The van der Waals surface area contributed by atoms with Crippen molar-refractivity contribution in [3.8, 4) is 10.6 Å². The highest BCUT2D eigenvalue weighted by atomic mass is 32.1. The molecule has 23 heavy (non-hydrogen) atoms. The zero-order valence-electron chi connectivity index (χ0n) is 12.5. The van der Waals surface area contributed by atoms with Gasteiger partial charge in [-0.2, -0.15) is 0 Å². The predicted octanol–water partition coefficient (Wildman–Crippen LogP) is 4.03. The fraction of sp³-hybridized carbons (Fsp3) is 0.250. The Labute approximate surface area is 136 Å². The Kier molecular flexibility index (Phi) is 3.51. The van der Waals surface area contributed by atoms with Gasteiger partial charge >= 0.3 is 0 Å². The van der Waals surface area contributed by atoms with Gasteiger partial charge < -0.3 is 8.98 Å². The second-order valence-corrected chi connectivity index (χ2v) is 6.41. The molecule has 6 nitrogen and oxygen atoms in total. The Morgan fingerprint density at radius 3 is 3.17 bits per heavy atom. The third-order valence-corrected chi connectivity index (χ3v) is 4.67. The number of hydrogen-bond donors (Lipinski definition) is 1. The molecule has 118 valence electrons. The number of nitrogens with one attached hydrogen (secondary N) is 1. The molecule has 0 saturated carbocycles. The van der Waals surface area contributed by atoms with Crippen molar-refractivity contribution < 1.29 is 14.0 Å². The van der Waals surface area contributed by atoms with Gasteiger partial charge in [0.05, 0.1) is 16.8 Å². The summed E-state index contributed by atoms with van der Waals surface area (Å²) < 4.78 is 7.44. The number of furan rings is 1. The molecule has 1 aliphatic heterocycles. The fourth-order valence-corrected chi connectivity index (χ4v) is 3.36. The molecule has 0 bridgehead atoms. The molecule has 1 N–H and O–H groups in total. The minimum atomic E-state index is -0.212. The van der Waals surface area contributed by atoms with Crippen molar-refractivity contribution in [2.75, 3.05) is 5.48 Å². The Morgan fingerprint density at radius 2 is 2.35 bits per heavy atom. The summed E-state index contributed by atoms with van der Waals surface area (Å²) in [7, 11) is 0. The first-order valence-corrected chi connectivity index (χ1v) is 8.17. The van der Waals surface area contributed by atoms with Crippen LogP contribution >= 0.6 is 11.3 Å². The number of rotatable bonds is 4. The number of aromatic nitrogens is 2. The topological polar surface area (TPSA) is 69.3 Å². The molecule has 0 amide bonds. The van der Waals surface area contributed by atoms with E-state index in [0.29, 0.717) is 23.7 Å². The zero-order chi connectivity index (χ0) is 15.8. The highest BCUT2D eigenvalue weighted by Crippen LogP contribution is 2.32. The number of anilines is 1. The normalized spacial score (nSPS) is 17.3. The van der Waals surface area contributed by atoms with Crippen LogP contribution in [0.15, 0.2) is 41.1 Å². The van der Waals surface area contributed by atoms with Gasteiger partial charge in [-0.25, -0.2) is 15.3 Å². The summed E-state index contributed by atoms with van der Waals surface area (Å²) in [4.78, 5) is 22.8. The van der Waals surface area contributed by atoms with Gasteiger partial charge in [0.25, 0.3) is 0 Å². The number of aryl methyl sites for hydroxylation is 1. The number of ketones is 1. The molecule has 0 aliphatic carbocycles. The zero-order valence-corrected chi connectivity index (χ0v) is 13.3. The van der Waals surface area contributed by atoms with Crippen molar-refractivity contribution in [3.05, 3.63) is 48.1 Å². The van der Waals surface area contributed by atoms with Gasteiger partial charge in [-0.3, -0.25) is 4.79 Å². The second kappa shape index (κ2) is 5.68. The van der Waals surface area contributed by atoms with E-state index in [9.17, 15) is 4.79 Å². The minimum Gasteiger partial charge on any atom is -0.460 e. The van der Waals surface area contributed by atoms with Crippen molar-refractivity contribution in [1.82, 2.24) is 9.55 Å². The molecule has 0 aromatic carbocycles. The van der Waals surface area contributed by atoms with Crippen LogP contribution in [0, 0.1) is 6.92 Å². The molecule has 1 unspecified atom stereocenters. The van der Waals surface area contributed by atoms with Gasteiger partial charge in [0.15, 0.2) is 12.0 Å². The number of carbonyl (C=O) groups is 1. The van der Waals surface area contributed by atoms with Crippen LogP contribution in [0.1, 0.15) is 35.3 Å². The lowest BCUT2D eigenvalue weighted by Gasteiger charge is -2.24. The van der Waals surface area contributed by atoms with Crippen molar-refractivity contribution in [3.63, 3.8) is 0 Å². The number of fused-ring (bicyclic) bond motifs is 1. The van der Waals surface area contributed by atoms with Crippen LogP contribution < -0.4 is 5.48 Å². The molecule has 4 heterocycles. The summed E-state index contributed by atoms with van der Waals surface area (Å²) in [6.45, 7) is 1.91. The number of carbonyl (C=O) groups excluding carboxylic acids is 1. The van der Waals surface area contributed by atoms with Crippen LogP contribution in [-0.4, -0.2) is 15.3 Å². The largest absolute Gasteiger partial charge is 0.460 e. The summed E-state index contributed by atoms with van der Waals surface area (Å²) in [5.41, 5.74) is 3.58.